The summed E-state index contributed by atoms with van der Waals surface area (Å²) in [5, 5.41) is 7.78. The number of hydrogen-bond acceptors (Lipinski definition) is 3. The summed E-state index contributed by atoms with van der Waals surface area (Å²) >= 11 is 0. The van der Waals surface area contributed by atoms with E-state index in [2.05, 4.69) is 0 Å². The summed E-state index contributed by atoms with van der Waals surface area (Å²) < 4.78 is 24.1. The molecule has 17 heavy (non-hydrogen) atoms. The molecule has 1 unspecified atom stereocenters. The Bertz CT molecular complexity index is 503. The van der Waals surface area contributed by atoms with Crippen LogP contribution in [0, 0.1) is 5.92 Å². The first-order valence-electron chi connectivity index (χ1n) is 5.49. The smallest absolute Gasteiger partial charge is 0.322 e. The molecule has 0 heterocycles. The van der Waals surface area contributed by atoms with E-state index in [1.165, 1.54) is 0 Å². The van der Waals surface area contributed by atoms with Gasteiger partial charge in [-0.2, -0.15) is 0 Å². The quantitative estimate of drug-likeness (QED) is 0.863. The molecule has 0 aromatic heterocycles. The summed E-state index contributed by atoms with van der Waals surface area (Å²) in [7, 11) is -3.61. The van der Waals surface area contributed by atoms with Crippen LogP contribution in [0.5, 0.6) is 0 Å². The summed E-state index contributed by atoms with van der Waals surface area (Å²) in [6.07, 6.45) is 1.40. The Morgan fingerprint density at radius 3 is 2.35 bits per heavy atom. The molecular formula is C12H14O4S. The van der Waals surface area contributed by atoms with Gasteiger partial charge in [-0.1, -0.05) is 30.3 Å². The lowest BCUT2D eigenvalue weighted by atomic mass is 10.2. The van der Waals surface area contributed by atoms with Crippen molar-refractivity contribution in [1.82, 2.24) is 0 Å². The van der Waals surface area contributed by atoms with Crippen LogP contribution in [-0.2, 0) is 20.4 Å². The van der Waals surface area contributed by atoms with E-state index in [9.17, 15) is 13.2 Å². The third-order valence-electron chi connectivity index (χ3n) is 2.89. The van der Waals surface area contributed by atoms with E-state index < -0.39 is 21.1 Å². The Hall–Kier alpha value is -1.36. The van der Waals surface area contributed by atoms with E-state index in [4.69, 9.17) is 5.11 Å². The second kappa shape index (κ2) is 4.49. The fourth-order valence-corrected chi connectivity index (χ4v) is 3.95. The van der Waals surface area contributed by atoms with Crippen molar-refractivity contribution in [3.05, 3.63) is 35.9 Å². The van der Waals surface area contributed by atoms with Crippen LogP contribution in [0.1, 0.15) is 18.4 Å². The number of carbonyl (C=O) groups is 1. The molecular weight excluding hydrogens is 240 g/mol. The number of aliphatic carboxylic acids is 1. The van der Waals surface area contributed by atoms with Gasteiger partial charge in [0.2, 0.25) is 0 Å². The number of sulfone groups is 1. The van der Waals surface area contributed by atoms with Gasteiger partial charge < -0.3 is 5.11 Å². The van der Waals surface area contributed by atoms with Crippen molar-refractivity contribution in [2.24, 2.45) is 5.92 Å². The minimum absolute atomic E-state index is 0.193. The van der Waals surface area contributed by atoms with Gasteiger partial charge in [0.1, 0.15) is 0 Å². The molecule has 1 N–H and O–H groups in total. The summed E-state index contributed by atoms with van der Waals surface area (Å²) in [5.41, 5.74) is 0.638. The topological polar surface area (TPSA) is 71.4 Å². The number of rotatable bonds is 5. The summed E-state index contributed by atoms with van der Waals surface area (Å²) in [6.45, 7) is 0. The van der Waals surface area contributed by atoms with Crippen LogP contribution in [0.15, 0.2) is 30.3 Å². The largest absolute Gasteiger partial charge is 0.480 e. The van der Waals surface area contributed by atoms with Gasteiger partial charge in [-0.15, -0.1) is 0 Å². The van der Waals surface area contributed by atoms with Crippen LogP contribution in [0.3, 0.4) is 0 Å². The molecule has 1 aromatic rings. The molecule has 2 rings (SSSR count). The predicted molar refractivity (Wildman–Crippen MR) is 63.2 cm³/mol. The maximum absolute atomic E-state index is 12.0. The van der Waals surface area contributed by atoms with Gasteiger partial charge in [-0.25, -0.2) is 8.42 Å². The highest BCUT2D eigenvalue weighted by Gasteiger charge is 2.44. The molecule has 0 amide bonds. The lowest BCUT2D eigenvalue weighted by molar-refractivity contribution is -0.136. The van der Waals surface area contributed by atoms with E-state index in [0.717, 1.165) is 0 Å². The Balaban J connectivity index is 2.20. The van der Waals surface area contributed by atoms with Gasteiger partial charge in [-0.05, 0) is 24.3 Å². The van der Waals surface area contributed by atoms with Crippen molar-refractivity contribution >= 4 is 15.8 Å². The Morgan fingerprint density at radius 2 is 1.88 bits per heavy atom. The van der Waals surface area contributed by atoms with E-state index in [1.54, 1.807) is 30.3 Å². The monoisotopic (exact) mass is 254 g/mol. The van der Waals surface area contributed by atoms with Crippen LogP contribution in [-0.4, -0.2) is 24.7 Å². The molecule has 1 aromatic carbocycles. The second-order valence-corrected chi connectivity index (χ2v) is 6.51. The van der Waals surface area contributed by atoms with Gasteiger partial charge >= 0.3 is 5.97 Å². The maximum atomic E-state index is 12.0. The van der Waals surface area contributed by atoms with Crippen LogP contribution in [0.25, 0.3) is 0 Å². The van der Waals surface area contributed by atoms with E-state index in [0.29, 0.717) is 18.4 Å². The number of carboxylic acids is 1. The second-order valence-electron chi connectivity index (χ2n) is 4.39. The molecule has 0 aliphatic heterocycles. The molecule has 92 valence electrons. The number of benzene rings is 1. The first-order chi connectivity index (χ1) is 8.00. The molecule has 0 saturated heterocycles. The van der Waals surface area contributed by atoms with E-state index in [1.807, 2.05) is 0 Å². The van der Waals surface area contributed by atoms with Gasteiger partial charge in [0.15, 0.2) is 15.1 Å². The van der Waals surface area contributed by atoms with Crippen LogP contribution in [0.2, 0.25) is 0 Å². The van der Waals surface area contributed by atoms with E-state index in [-0.39, 0.29) is 11.7 Å². The molecule has 5 heteroatoms. The van der Waals surface area contributed by atoms with Crippen molar-refractivity contribution in [1.29, 1.82) is 0 Å². The third kappa shape index (κ3) is 2.85. The molecule has 1 saturated carbocycles. The average Bonchev–Trinajstić information content (AvgIpc) is 3.01. The van der Waals surface area contributed by atoms with Crippen LogP contribution < -0.4 is 0 Å². The number of carboxylic acid groups (broad SMARTS) is 1. The van der Waals surface area contributed by atoms with Crippen molar-refractivity contribution in [3.63, 3.8) is 0 Å². The van der Waals surface area contributed by atoms with Crippen molar-refractivity contribution in [2.75, 3.05) is 0 Å². The highest BCUT2D eigenvalue weighted by molar-refractivity contribution is 7.92. The zero-order valence-corrected chi connectivity index (χ0v) is 10.1. The molecule has 1 aliphatic carbocycles. The van der Waals surface area contributed by atoms with Crippen LogP contribution in [0.4, 0.5) is 0 Å². The third-order valence-corrected chi connectivity index (χ3v) is 4.99. The fraction of sp³-hybridized carbons (Fsp3) is 0.417. The predicted octanol–water partition coefficient (Wildman–Crippen LogP) is 1.46. The van der Waals surface area contributed by atoms with Crippen LogP contribution >= 0.6 is 0 Å². The Labute approximate surface area is 100 Å². The Kier molecular flexibility index (Phi) is 3.19. The molecule has 1 aliphatic rings. The molecule has 0 spiro atoms. The molecule has 1 fully saturated rings. The minimum atomic E-state index is -3.61. The van der Waals surface area contributed by atoms with Crippen molar-refractivity contribution in [3.8, 4) is 0 Å². The highest BCUT2D eigenvalue weighted by Crippen LogP contribution is 2.37. The Morgan fingerprint density at radius 1 is 1.29 bits per heavy atom. The molecule has 4 nitrogen and oxygen atoms in total. The van der Waals surface area contributed by atoms with Crippen molar-refractivity contribution < 1.29 is 18.3 Å². The van der Waals surface area contributed by atoms with Gasteiger partial charge in [-0.3, -0.25) is 4.79 Å². The van der Waals surface area contributed by atoms with Gasteiger partial charge in [0.25, 0.3) is 0 Å². The average molecular weight is 254 g/mol. The zero-order chi connectivity index (χ0) is 12.5. The first-order valence-corrected chi connectivity index (χ1v) is 7.20. The molecule has 0 bridgehead atoms. The lowest BCUT2D eigenvalue weighted by Gasteiger charge is -2.12. The standard InChI is InChI=1S/C12H14O4S/c13-12(14)11(10-6-7-10)17(15,16)8-9-4-2-1-3-5-9/h1-5,10-11H,6-8H2,(H,13,14). The van der Waals surface area contributed by atoms with E-state index >= 15 is 0 Å². The first kappa shape index (κ1) is 12.1. The van der Waals surface area contributed by atoms with Gasteiger partial charge in [0.05, 0.1) is 5.75 Å². The van der Waals surface area contributed by atoms with Gasteiger partial charge in [0, 0.05) is 0 Å². The molecule has 0 radical (unpaired) electrons. The SMILES string of the molecule is O=C(O)C(C1CC1)S(=O)(=O)Cc1ccccc1. The summed E-state index contributed by atoms with van der Waals surface area (Å²) in [6, 6.07) is 8.69. The molecule has 1 atom stereocenters. The lowest BCUT2D eigenvalue weighted by Crippen LogP contribution is -2.33. The summed E-state index contributed by atoms with van der Waals surface area (Å²) in [5.74, 6) is -1.61. The minimum Gasteiger partial charge on any atom is -0.480 e. The zero-order valence-electron chi connectivity index (χ0n) is 9.24. The normalized spacial score (nSPS) is 17.6. The maximum Gasteiger partial charge on any atom is 0.322 e. The number of hydrogen-bond donors (Lipinski definition) is 1. The fourth-order valence-electron chi connectivity index (χ4n) is 1.94. The highest BCUT2D eigenvalue weighted by atomic mass is 32.2. The summed E-state index contributed by atoms with van der Waals surface area (Å²) in [4.78, 5) is 11.0. The van der Waals surface area contributed by atoms with Crippen molar-refractivity contribution in [2.45, 2.75) is 23.8 Å².